The average molecular weight is 293 g/mol. The zero-order valence-electron chi connectivity index (χ0n) is 10.8. The summed E-state index contributed by atoms with van der Waals surface area (Å²) in [5, 5.41) is 8.95. The molecule has 1 unspecified atom stereocenters. The fourth-order valence-electron chi connectivity index (χ4n) is 1.51. The van der Waals surface area contributed by atoms with E-state index in [2.05, 4.69) is 11.1 Å². The third-order valence-corrected chi connectivity index (χ3v) is 5.48. The van der Waals surface area contributed by atoms with Gasteiger partial charge in [0.25, 0.3) is 0 Å². The number of benzene rings is 1. The van der Waals surface area contributed by atoms with Gasteiger partial charge in [0, 0.05) is 11.4 Å². The molecule has 0 radical (unpaired) electrons. The van der Waals surface area contributed by atoms with Crippen LogP contribution in [0.5, 0.6) is 0 Å². The molecule has 0 fully saturated rings. The van der Waals surface area contributed by atoms with Crippen LogP contribution in [0.3, 0.4) is 0 Å². The van der Waals surface area contributed by atoms with Gasteiger partial charge in [0.2, 0.25) is 0 Å². The maximum absolute atomic E-state index is 12.2. The predicted molar refractivity (Wildman–Crippen MR) is 79.3 cm³/mol. The van der Waals surface area contributed by atoms with Crippen molar-refractivity contribution in [2.75, 3.05) is 11.5 Å². The van der Waals surface area contributed by atoms with E-state index in [1.54, 1.807) is 6.07 Å². The molecule has 0 aliphatic heterocycles. The molecular weight excluding hydrogens is 278 g/mol. The number of thiazole rings is 1. The van der Waals surface area contributed by atoms with Crippen molar-refractivity contribution < 1.29 is 4.21 Å². The quantitative estimate of drug-likeness (QED) is 0.879. The van der Waals surface area contributed by atoms with Crippen LogP contribution >= 0.6 is 11.3 Å². The van der Waals surface area contributed by atoms with Crippen LogP contribution in [0.4, 0.5) is 5.69 Å². The van der Waals surface area contributed by atoms with Gasteiger partial charge in [-0.25, -0.2) is 4.98 Å². The van der Waals surface area contributed by atoms with Crippen molar-refractivity contribution >= 4 is 38.0 Å². The zero-order valence-corrected chi connectivity index (χ0v) is 12.5. The zero-order chi connectivity index (χ0) is 14.0. The summed E-state index contributed by atoms with van der Waals surface area (Å²) in [5.41, 5.74) is 6.76. The predicted octanol–water partition coefficient (Wildman–Crippen LogP) is 2.93. The van der Waals surface area contributed by atoms with Gasteiger partial charge in [-0.1, -0.05) is 0 Å². The third kappa shape index (κ3) is 3.31. The van der Waals surface area contributed by atoms with Crippen LogP contribution in [-0.2, 0) is 10.8 Å². The number of anilines is 1. The lowest BCUT2D eigenvalue weighted by Crippen LogP contribution is -2.12. The van der Waals surface area contributed by atoms with Crippen LogP contribution in [0.2, 0.25) is 0 Å². The summed E-state index contributed by atoms with van der Waals surface area (Å²) in [6.07, 6.45) is 0.591. The van der Waals surface area contributed by atoms with Crippen molar-refractivity contribution in [1.29, 1.82) is 5.26 Å². The SMILES string of the molecule is CC(C)(C#N)CCS(=O)c1nc2ccc(N)cc2s1. The van der Waals surface area contributed by atoms with Crippen LogP contribution in [0, 0.1) is 16.7 Å². The van der Waals surface area contributed by atoms with Crippen molar-refractivity contribution in [1.82, 2.24) is 4.98 Å². The minimum Gasteiger partial charge on any atom is -0.399 e. The smallest absolute Gasteiger partial charge is 0.181 e. The second-order valence-corrected chi connectivity index (χ2v) is 7.78. The fourth-order valence-corrected chi connectivity index (χ4v) is 4.22. The Morgan fingerprint density at radius 2 is 2.26 bits per heavy atom. The molecule has 0 bridgehead atoms. The van der Waals surface area contributed by atoms with Crippen LogP contribution in [0.1, 0.15) is 20.3 Å². The van der Waals surface area contributed by atoms with Gasteiger partial charge in [0.1, 0.15) is 0 Å². The van der Waals surface area contributed by atoms with Gasteiger partial charge < -0.3 is 5.73 Å². The first-order valence-corrected chi connectivity index (χ1v) is 8.00. The first-order chi connectivity index (χ1) is 8.91. The molecule has 0 amide bonds. The average Bonchev–Trinajstić information content (AvgIpc) is 2.79. The molecule has 0 aliphatic carbocycles. The summed E-state index contributed by atoms with van der Waals surface area (Å²) >= 11 is 1.40. The van der Waals surface area contributed by atoms with E-state index in [9.17, 15) is 4.21 Å². The van der Waals surface area contributed by atoms with Gasteiger partial charge in [-0.2, -0.15) is 5.26 Å². The second kappa shape index (κ2) is 5.27. The fraction of sp³-hybridized carbons (Fsp3) is 0.385. The first kappa shape index (κ1) is 14.0. The third-order valence-electron chi connectivity index (χ3n) is 2.80. The Morgan fingerprint density at radius 3 is 2.95 bits per heavy atom. The molecule has 1 aromatic carbocycles. The number of fused-ring (bicyclic) bond motifs is 1. The minimum atomic E-state index is -1.16. The first-order valence-electron chi connectivity index (χ1n) is 5.87. The molecule has 0 saturated carbocycles. The molecule has 4 nitrogen and oxygen atoms in total. The van der Waals surface area contributed by atoms with Gasteiger partial charge >= 0.3 is 0 Å². The molecule has 1 atom stereocenters. The van der Waals surface area contributed by atoms with Crippen molar-refractivity contribution in [2.45, 2.75) is 24.6 Å². The van der Waals surface area contributed by atoms with Gasteiger partial charge in [-0.3, -0.25) is 4.21 Å². The monoisotopic (exact) mass is 293 g/mol. The van der Waals surface area contributed by atoms with Crippen LogP contribution in [0.15, 0.2) is 22.5 Å². The van der Waals surface area contributed by atoms with Crippen molar-refractivity contribution in [3.05, 3.63) is 18.2 Å². The molecule has 0 aliphatic rings. The Labute approximate surface area is 118 Å². The molecule has 6 heteroatoms. The summed E-state index contributed by atoms with van der Waals surface area (Å²) in [7, 11) is -1.16. The summed E-state index contributed by atoms with van der Waals surface area (Å²) in [6.45, 7) is 3.70. The van der Waals surface area contributed by atoms with E-state index >= 15 is 0 Å². The Kier molecular flexibility index (Phi) is 3.88. The van der Waals surface area contributed by atoms with E-state index in [1.165, 1.54) is 11.3 Å². The van der Waals surface area contributed by atoms with Gasteiger partial charge in [0.15, 0.2) is 4.34 Å². The number of nitrogens with two attached hydrogens (primary N) is 1. The van der Waals surface area contributed by atoms with Crippen molar-refractivity contribution in [3.63, 3.8) is 0 Å². The van der Waals surface area contributed by atoms with Crippen molar-refractivity contribution in [2.24, 2.45) is 5.41 Å². The largest absolute Gasteiger partial charge is 0.399 e. The van der Waals surface area contributed by atoms with Crippen molar-refractivity contribution in [3.8, 4) is 6.07 Å². The number of nitrogen functional groups attached to an aromatic ring is 1. The normalized spacial score (nSPS) is 13.3. The molecule has 0 saturated heterocycles. The van der Waals surface area contributed by atoms with Gasteiger partial charge in [-0.15, -0.1) is 11.3 Å². The van der Waals surface area contributed by atoms with Crippen LogP contribution < -0.4 is 5.73 Å². The van der Waals surface area contributed by atoms with E-state index in [-0.39, 0.29) is 0 Å². The standard InChI is InChI=1S/C13H15N3OS2/c1-13(2,8-14)5-6-19(17)12-16-10-4-3-9(15)7-11(10)18-12/h3-4,7H,5-6,15H2,1-2H3. The summed E-state index contributed by atoms with van der Waals surface area (Å²) in [6, 6.07) is 7.67. The van der Waals surface area contributed by atoms with Gasteiger partial charge in [0.05, 0.1) is 32.5 Å². The van der Waals surface area contributed by atoms with Crippen LogP contribution in [0.25, 0.3) is 10.2 Å². The Bertz CT molecular complexity index is 670. The van der Waals surface area contributed by atoms with E-state index in [1.807, 2.05) is 26.0 Å². The molecule has 1 aromatic heterocycles. The minimum absolute atomic E-state index is 0.448. The topological polar surface area (TPSA) is 79.8 Å². The molecule has 19 heavy (non-hydrogen) atoms. The molecule has 2 N–H and O–H groups in total. The highest BCUT2D eigenvalue weighted by Gasteiger charge is 2.19. The number of rotatable bonds is 4. The Hall–Kier alpha value is -1.45. The molecular formula is C13H15N3OS2. The molecule has 0 spiro atoms. The lowest BCUT2D eigenvalue weighted by Gasteiger charge is -2.13. The van der Waals surface area contributed by atoms with E-state index < -0.39 is 16.2 Å². The molecule has 100 valence electrons. The number of hydrogen-bond donors (Lipinski definition) is 1. The summed E-state index contributed by atoms with van der Waals surface area (Å²) < 4.78 is 13.7. The highest BCUT2D eigenvalue weighted by atomic mass is 32.2. The van der Waals surface area contributed by atoms with E-state index in [0.29, 0.717) is 22.2 Å². The molecule has 1 heterocycles. The lowest BCUT2D eigenvalue weighted by atomic mass is 9.93. The summed E-state index contributed by atoms with van der Waals surface area (Å²) in [4.78, 5) is 4.36. The molecule has 2 aromatic rings. The Morgan fingerprint density at radius 1 is 1.53 bits per heavy atom. The number of aromatic nitrogens is 1. The number of hydrogen-bond acceptors (Lipinski definition) is 5. The second-order valence-electron chi connectivity index (χ2n) is 5.00. The number of nitrogens with zero attached hydrogens (tertiary/aromatic N) is 2. The Balaban J connectivity index is 2.16. The highest BCUT2D eigenvalue weighted by molar-refractivity contribution is 7.87. The van der Waals surface area contributed by atoms with E-state index in [0.717, 1.165) is 10.2 Å². The highest BCUT2D eigenvalue weighted by Crippen LogP contribution is 2.27. The van der Waals surface area contributed by atoms with E-state index in [4.69, 9.17) is 11.0 Å². The number of nitriles is 1. The van der Waals surface area contributed by atoms with Gasteiger partial charge in [-0.05, 0) is 38.5 Å². The van der Waals surface area contributed by atoms with Crippen LogP contribution in [-0.4, -0.2) is 14.9 Å². The maximum Gasteiger partial charge on any atom is 0.181 e. The maximum atomic E-state index is 12.2. The lowest BCUT2D eigenvalue weighted by molar-refractivity contribution is 0.479. The molecule has 2 rings (SSSR count). The summed E-state index contributed by atoms with van der Waals surface area (Å²) in [5.74, 6) is 0.454.